The fourth-order valence-electron chi connectivity index (χ4n) is 2.87. The van der Waals surface area contributed by atoms with Gasteiger partial charge in [-0.2, -0.15) is 5.10 Å². The van der Waals surface area contributed by atoms with Gasteiger partial charge in [-0.15, -0.1) is 0 Å². The van der Waals surface area contributed by atoms with E-state index in [4.69, 9.17) is 16.0 Å². The number of hydrogen-bond acceptors (Lipinski definition) is 8. The molecular formula is C12H15N7O4. The van der Waals surface area contributed by atoms with Crippen molar-refractivity contribution in [3.05, 3.63) is 34.6 Å². The van der Waals surface area contributed by atoms with Gasteiger partial charge in [0.25, 0.3) is 0 Å². The number of hydrogen-bond donors (Lipinski definition) is 4. The monoisotopic (exact) mass is 321 g/mol. The molecule has 4 atom stereocenters. The van der Waals surface area contributed by atoms with Crippen LogP contribution in [0.3, 0.4) is 0 Å². The SMILES string of the molecule is C[C@@]1(O)[C@H](O)[C@@H](CO)OC1(N=[N+]=[N-])c1ccc2c(N)ncnn12. The van der Waals surface area contributed by atoms with Gasteiger partial charge in [-0.05, 0) is 29.7 Å². The lowest BCUT2D eigenvalue weighted by molar-refractivity contribution is -0.141. The quantitative estimate of drug-likeness (QED) is 0.327. The zero-order valence-corrected chi connectivity index (χ0v) is 12.1. The van der Waals surface area contributed by atoms with E-state index in [9.17, 15) is 15.3 Å². The van der Waals surface area contributed by atoms with Crippen molar-refractivity contribution in [1.29, 1.82) is 0 Å². The number of aliphatic hydroxyl groups is 3. The molecule has 23 heavy (non-hydrogen) atoms. The van der Waals surface area contributed by atoms with Gasteiger partial charge in [0.15, 0.2) is 5.82 Å². The van der Waals surface area contributed by atoms with Gasteiger partial charge >= 0.3 is 0 Å². The van der Waals surface area contributed by atoms with Gasteiger partial charge in [0.2, 0.25) is 5.72 Å². The van der Waals surface area contributed by atoms with Crippen molar-refractivity contribution in [3.8, 4) is 0 Å². The van der Waals surface area contributed by atoms with Gasteiger partial charge in [0.05, 0.1) is 12.3 Å². The fourth-order valence-corrected chi connectivity index (χ4v) is 2.87. The second-order valence-electron chi connectivity index (χ2n) is 5.43. The van der Waals surface area contributed by atoms with E-state index in [-0.39, 0.29) is 11.5 Å². The van der Waals surface area contributed by atoms with Crippen LogP contribution in [0.15, 0.2) is 23.6 Å². The lowest BCUT2D eigenvalue weighted by Gasteiger charge is -2.34. The molecule has 1 aliphatic rings. The molecule has 1 unspecified atom stereocenters. The predicted octanol–water partition coefficient (Wildman–Crippen LogP) is -0.722. The first-order valence-corrected chi connectivity index (χ1v) is 6.73. The molecule has 2 aromatic heterocycles. The number of rotatable bonds is 3. The largest absolute Gasteiger partial charge is 0.394 e. The van der Waals surface area contributed by atoms with E-state index in [0.29, 0.717) is 5.52 Å². The highest BCUT2D eigenvalue weighted by Crippen LogP contribution is 2.48. The maximum Gasteiger partial charge on any atom is 0.220 e. The molecule has 0 bridgehead atoms. The standard InChI is InChI=1S/C12H15N7O4/c1-11(22)9(21)7(4-20)23-12(11,17-18-14)8-3-2-6-10(13)15-5-16-19(6)8/h2-3,5,7,9,20-22H,4H2,1H3,(H2,13,15,16)/t7-,9-,11-,12?/m1/s1. The predicted molar refractivity (Wildman–Crippen MR) is 76.8 cm³/mol. The van der Waals surface area contributed by atoms with Crippen molar-refractivity contribution in [2.75, 3.05) is 12.3 Å². The summed E-state index contributed by atoms with van der Waals surface area (Å²) < 4.78 is 6.87. The van der Waals surface area contributed by atoms with E-state index >= 15 is 0 Å². The number of aromatic nitrogens is 3. The van der Waals surface area contributed by atoms with Crippen LogP contribution < -0.4 is 5.73 Å². The number of fused-ring (bicyclic) bond motifs is 1. The summed E-state index contributed by atoms with van der Waals surface area (Å²) >= 11 is 0. The molecule has 122 valence electrons. The minimum Gasteiger partial charge on any atom is -0.394 e. The molecule has 1 saturated heterocycles. The molecule has 11 heteroatoms. The van der Waals surface area contributed by atoms with Gasteiger partial charge in [0, 0.05) is 4.91 Å². The van der Waals surface area contributed by atoms with Crippen LogP contribution in [0.25, 0.3) is 16.0 Å². The van der Waals surface area contributed by atoms with E-state index in [1.54, 1.807) is 6.07 Å². The fraction of sp³-hybridized carbons (Fsp3) is 0.500. The van der Waals surface area contributed by atoms with Crippen LogP contribution >= 0.6 is 0 Å². The Morgan fingerprint density at radius 2 is 2.30 bits per heavy atom. The molecule has 3 rings (SSSR count). The Balaban J connectivity index is 2.30. The van der Waals surface area contributed by atoms with Crippen LogP contribution in [0.5, 0.6) is 0 Å². The van der Waals surface area contributed by atoms with E-state index in [1.807, 2.05) is 0 Å². The maximum absolute atomic E-state index is 10.8. The van der Waals surface area contributed by atoms with Crippen molar-refractivity contribution in [2.45, 2.75) is 30.5 Å². The van der Waals surface area contributed by atoms with Gasteiger partial charge in [-0.1, -0.05) is 0 Å². The van der Waals surface area contributed by atoms with Gasteiger partial charge < -0.3 is 25.8 Å². The summed E-state index contributed by atoms with van der Waals surface area (Å²) in [6, 6.07) is 3.06. The second-order valence-corrected chi connectivity index (χ2v) is 5.43. The Labute approximate surface area is 129 Å². The number of nitrogen functional groups attached to an aromatic ring is 1. The summed E-state index contributed by atoms with van der Waals surface area (Å²) in [6.07, 6.45) is -1.43. The molecule has 1 fully saturated rings. The van der Waals surface area contributed by atoms with E-state index in [1.165, 1.54) is 23.8 Å². The first kappa shape index (κ1) is 15.5. The van der Waals surface area contributed by atoms with Crippen molar-refractivity contribution in [3.63, 3.8) is 0 Å². The van der Waals surface area contributed by atoms with E-state index in [2.05, 4.69) is 20.1 Å². The molecule has 0 radical (unpaired) electrons. The third-order valence-electron chi connectivity index (χ3n) is 4.13. The number of aliphatic hydroxyl groups excluding tert-OH is 2. The smallest absolute Gasteiger partial charge is 0.220 e. The number of anilines is 1. The van der Waals surface area contributed by atoms with Crippen LogP contribution in [0.2, 0.25) is 0 Å². The zero-order chi connectivity index (χ0) is 16.8. The molecule has 3 heterocycles. The minimum atomic E-state index is -2.01. The summed E-state index contributed by atoms with van der Waals surface area (Å²) in [5, 5.41) is 37.9. The summed E-state index contributed by atoms with van der Waals surface area (Å²) in [4.78, 5) is 6.58. The average Bonchev–Trinajstić information content (AvgIpc) is 3.03. The number of nitrogens with two attached hydrogens (primary N) is 1. The lowest BCUT2D eigenvalue weighted by Crippen LogP contribution is -2.51. The van der Waals surface area contributed by atoms with Crippen molar-refractivity contribution < 1.29 is 20.1 Å². The number of azide groups is 1. The number of ether oxygens (including phenoxy) is 1. The molecule has 2 aromatic rings. The molecule has 11 nitrogen and oxygen atoms in total. The topological polar surface area (TPSA) is 175 Å². The van der Waals surface area contributed by atoms with Crippen LogP contribution in [0, 0.1) is 0 Å². The highest BCUT2D eigenvalue weighted by molar-refractivity contribution is 5.65. The Morgan fingerprint density at radius 3 is 2.91 bits per heavy atom. The van der Waals surface area contributed by atoms with Gasteiger partial charge in [0.1, 0.15) is 29.7 Å². The number of nitrogens with zero attached hydrogens (tertiary/aromatic N) is 6. The summed E-state index contributed by atoms with van der Waals surface area (Å²) in [6.45, 7) is 0.687. The van der Waals surface area contributed by atoms with Crippen LogP contribution in [0.4, 0.5) is 5.82 Å². The average molecular weight is 321 g/mol. The Hall–Kier alpha value is -2.43. The molecule has 5 N–H and O–H groups in total. The third kappa shape index (κ3) is 1.89. The van der Waals surface area contributed by atoms with Crippen LogP contribution in [0.1, 0.15) is 12.6 Å². The second kappa shape index (κ2) is 5.05. The molecule has 0 aromatic carbocycles. The normalized spacial score (nSPS) is 33.7. The third-order valence-corrected chi connectivity index (χ3v) is 4.13. The molecule has 0 saturated carbocycles. The van der Waals surface area contributed by atoms with Crippen molar-refractivity contribution >= 4 is 11.3 Å². The summed E-state index contributed by atoms with van der Waals surface area (Å²) in [5.41, 5.74) is 11.3. The van der Waals surface area contributed by atoms with E-state index < -0.39 is 30.1 Å². The maximum atomic E-state index is 10.8. The molecule has 1 aliphatic heterocycles. The Bertz CT molecular complexity index is 800. The molecular weight excluding hydrogens is 306 g/mol. The van der Waals surface area contributed by atoms with Crippen molar-refractivity contribution in [1.82, 2.24) is 14.6 Å². The summed E-state index contributed by atoms with van der Waals surface area (Å²) in [7, 11) is 0. The molecule has 0 spiro atoms. The Morgan fingerprint density at radius 1 is 1.57 bits per heavy atom. The van der Waals surface area contributed by atoms with Crippen molar-refractivity contribution in [2.24, 2.45) is 5.11 Å². The Kier molecular flexibility index (Phi) is 3.39. The lowest BCUT2D eigenvalue weighted by atomic mass is 9.86. The first-order chi connectivity index (χ1) is 10.9. The van der Waals surface area contributed by atoms with Crippen LogP contribution in [-0.4, -0.2) is 54.3 Å². The molecule has 0 aliphatic carbocycles. The minimum absolute atomic E-state index is 0.152. The zero-order valence-electron chi connectivity index (χ0n) is 12.1. The highest BCUT2D eigenvalue weighted by atomic mass is 16.6. The highest BCUT2D eigenvalue weighted by Gasteiger charge is 2.64. The van der Waals surface area contributed by atoms with E-state index in [0.717, 1.165) is 0 Å². The molecule has 0 amide bonds. The first-order valence-electron chi connectivity index (χ1n) is 6.73. The summed E-state index contributed by atoms with van der Waals surface area (Å²) in [5.74, 6) is 0.180. The van der Waals surface area contributed by atoms with Gasteiger partial charge in [-0.25, -0.2) is 9.50 Å². The van der Waals surface area contributed by atoms with Crippen LogP contribution in [-0.2, 0) is 10.5 Å². The van der Waals surface area contributed by atoms with Gasteiger partial charge in [-0.3, -0.25) is 0 Å².